The highest BCUT2D eigenvalue weighted by Crippen LogP contribution is 2.55. The van der Waals surface area contributed by atoms with Crippen LogP contribution in [0.25, 0.3) is 11.7 Å². The van der Waals surface area contributed by atoms with E-state index >= 15 is 0 Å². The molecule has 1 N–H and O–H groups in total. The number of carbonyl (C=O) groups excluding carboxylic acids is 1. The minimum Gasteiger partial charge on any atom is -0.459 e. The summed E-state index contributed by atoms with van der Waals surface area (Å²) in [5, 5.41) is 11.5. The van der Waals surface area contributed by atoms with Crippen LogP contribution in [0.4, 0.5) is 0 Å². The average Bonchev–Trinajstić information content (AvgIpc) is 3.23. The van der Waals surface area contributed by atoms with Crippen LogP contribution in [-0.4, -0.2) is 26.9 Å². The molecule has 4 saturated carbocycles. The van der Waals surface area contributed by atoms with E-state index in [1.807, 2.05) is 6.92 Å². The summed E-state index contributed by atoms with van der Waals surface area (Å²) in [7, 11) is 0. The Labute approximate surface area is 156 Å². The first-order valence-corrected chi connectivity index (χ1v) is 10.3. The number of nitrogens with zero attached hydrogens (tertiary/aromatic N) is 2. The summed E-state index contributed by atoms with van der Waals surface area (Å²) in [6, 6.07) is 3.54. The molecule has 6 nitrogen and oxygen atoms in total. The van der Waals surface area contributed by atoms with Gasteiger partial charge in [0, 0.05) is 5.54 Å². The van der Waals surface area contributed by atoms with Gasteiger partial charge in [0.1, 0.15) is 0 Å². The van der Waals surface area contributed by atoms with Gasteiger partial charge in [0.2, 0.25) is 5.91 Å². The fourth-order valence-electron chi connectivity index (χ4n) is 5.59. The van der Waals surface area contributed by atoms with Crippen LogP contribution >= 0.6 is 11.8 Å². The Morgan fingerprint density at radius 2 is 1.92 bits per heavy atom. The third kappa shape index (κ3) is 2.96. The van der Waals surface area contributed by atoms with Gasteiger partial charge in [-0.15, -0.1) is 10.2 Å². The lowest BCUT2D eigenvalue weighted by Gasteiger charge is -2.57. The van der Waals surface area contributed by atoms with E-state index in [1.54, 1.807) is 18.4 Å². The Bertz CT molecular complexity index is 766. The van der Waals surface area contributed by atoms with Crippen molar-refractivity contribution in [2.45, 2.75) is 61.5 Å². The van der Waals surface area contributed by atoms with Crippen LogP contribution in [0.3, 0.4) is 0 Å². The fraction of sp³-hybridized carbons (Fsp3) is 0.632. The Kier molecular flexibility index (Phi) is 3.88. The molecule has 4 aliphatic carbocycles. The van der Waals surface area contributed by atoms with Gasteiger partial charge in [-0.05, 0) is 75.3 Å². The van der Waals surface area contributed by atoms with Gasteiger partial charge in [0.15, 0.2) is 5.76 Å². The van der Waals surface area contributed by atoms with E-state index in [2.05, 4.69) is 15.5 Å². The molecule has 1 atom stereocenters. The number of aromatic nitrogens is 2. The molecule has 0 spiro atoms. The number of carbonyl (C=O) groups is 1. The Balaban J connectivity index is 1.23. The van der Waals surface area contributed by atoms with E-state index in [4.69, 9.17) is 8.83 Å². The second-order valence-corrected chi connectivity index (χ2v) is 9.59. The third-order valence-corrected chi connectivity index (χ3v) is 7.15. The van der Waals surface area contributed by atoms with E-state index in [9.17, 15) is 4.79 Å². The minimum absolute atomic E-state index is 0.0365. The zero-order chi connectivity index (χ0) is 17.7. The van der Waals surface area contributed by atoms with Crippen molar-refractivity contribution in [1.82, 2.24) is 15.5 Å². The SMILES string of the molecule is C[C@@H](Sc1nnc(-c2ccco2)o1)C(=O)NC12CC3CC(CC(C3)C1)C2. The molecule has 4 fully saturated rings. The van der Waals surface area contributed by atoms with Crippen molar-refractivity contribution in [2.75, 3.05) is 0 Å². The van der Waals surface area contributed by atoms with Gasteiger partial charge >= 0.3 is 0 Å². The van der Waals surface area contributed by atoms with Crippen LogP contribution < -0.4 is 5.32 Å². The van der Waals surface area contributed by atoms with Crippen molar-refractivity contribution in [2.24, 2.45) is 17.8 Å². The van der Waals surface area contributed by atoms with E-state index in [0.29, 0.717) is 16.9 Å². The second-order valence-electron chi connectivity index (χ2n) is 8.30. The number of amides is 1. The Hall–Kier alpha value is -1.76. The molecule has 1 amide bonds. The maximum atomic E-state index is 12.8. The van der Waals surface area contributed by atoms with Crippen molar-refractivity contribution >= 4 is 17.7 Å². The van der Waals surface area contributed by atoms with E-state index < -0.39 is 0 Å². The summed E-state index contributed by atoms with van der Waals surface area (Å²) >= 11 is 1.30. The van der Waals surface area contributed by atoms with Gasteiger partial charge < -0.3 is 14.2 Å². The fourth-order valence-corrected chi connectivity index (χ4v) is 6.27. The lowest BCUT2D eigenvalue weighted by Crippen LogP contribution is -2.60. The van der Waals surface area contributed by atoms with Gasteiger partial charge in [-0.3, -0.25) is 4.79 Å². The lowest BCUT2D eigenvalue weighted by molar-refractivity contribution is -0.126. The van der Waals surface area contributed by atoms with E-state index in [1.165, 1.54) is 31.0 Å². The highest BCUT2D eigenvalue weighted by molar-refractivity contribution is 8.00. The molecule has 0 saturated heterocycles. The number of furan rings is 1. The number of hydrogen-bond donors (Lipinski definition) is 1. The van der Waals surface area contributed by atoms with Crippen molar-refractivity contribution < 1.29 is 13.6 Å². The molecule has 2 aromatic heterocycles. The second kappa shape index (κ2) is 6.15. The highest BCUT2D eigenvalue weighted by atomic mass is 32.2. The molecule has 4 aliphatic rings. The summed E-state index contributed by atoms with van der Waals surface area (Å²) in [5.74, 6) is 3.40. The Morgan fingerprint density at radius 1 is 1.23 bits per heavy atom. The molecule has 26 heavy (non-hydrogen) atoms. The predicted molar refractivity (Wildman–Crippen MR) is 96.4 cm³/mol. The number of hydrogen-bond acceptors (Lipinski definition) is 6. The predicted octanol–water partition coefficient (Wildman–Crippen LogP) is 3.90. The smallest absolute Gasteiger partial charge is 0.284 e. The van der Waals surface area contributed by atoms with Gasteiger partial charge in [-0.2, -0.15) is 0 Å². The van der Waals surface area contributed by atoms with Crippen LogP contribution in [0.2, 0.25) is 0 Å². The van der Waals surface area contributed by atoms with Crippen molar-refractivity contribution in [3.63, 3.8) is 0 Å². The largest absolute Gasteiger partial charge is 0.459 e. The topological polar surface area (TPSA) is 81.2 Å². The first-order chi connectivity index (χ1) is 12.6. The Morgan fingerprint density at radius 3 is 2.54 bits per heavy atom. The summed E-state index contributed by atoms with van der Waals surface area (Å²) in [6.07, 6.45) is 9.15. The molecular weight excluding hydrogens is 350 g/mol. The monoisotopic (exact) mass is 373 g/mol. The zero-order valence-electron chi connectivity index (χ0n) is 14.8. The molecule has 0 unspecified atom stereocenters. The van der Waals surface area contributed by atoms with E-state index in [-0.39, 0.29) is 16.7 Å². The van der Waals surface area contributed by atoms with Crippen LogP contribution in [-0.2, 0) is 4.79 Å². The van der Waals surface area contributed by atoms with Gasteiger partial charge in [-0.1, -0.05) is 11.8 Å². The minimum atomic E-state index is -0.270. The first kappa shape index (κ1) is 16.4. The normalized spacial score (nSPS) is 33.3. The van der Waals surface area contributed by atoms with Crippen LogP contribution in [0, 0.1) is 17.8 Å². The maximum Gasteiger partial charge on any atom is 0.284 e. The van der Waals surface area contributed by atoms with Crippen LogP contribution in [0.1, 0.15) is 45.4 Å². The number of rotatable bonds is 5. The highest BCUT2D eigenvalue weighted by Gasteiger charge is 2.51. The third-order valence-electron chi connectivity index (χ3n) is 6.21. The van der Waals surface area contributed by atoms with Crippen LogP contribution in [0.15, 0.2) is 32.5 Å². The average molecular weight is 373 g/mol. The van der Waals surface area contributed by atoms with Crippen molar-refractivity contribution in [1.29, 1.82) is 0 Å². The number of nitrogens with one attached hydrogen (secondary N) is 1. The van der Waals surface area contributed by atoms with Gasteiger partial charge in [-0.25, -0.2) is 0 Å². The summed E-state index contributed by atoms with van der Waals surface area (Å²) in [6.45, 7) is 1.90. The van der Waals surface area contributed by atoms with Gasteiger partial charge in [0.25, 0.3) is 11.1 Å². The quantitative estimate of drug-likeness (QED) is 0.801. The molecule has 0 radical (unpaired) electrons. The summed E-state index contributed by atoms with van der Waals surface area (Å²) < 4.78 is 10.9. The van der Waals surface area contributed by atoms with Crippen LogP contribution in [0.5, 0.6) is 0 Å². The molecule has 2 heterocycles. The maximum absolute atomic E-state index is 12.8. The van der Waals surface area contributed by atoms with Crippen molar-refractivity contribution in [3.05, 3.63) is 18.4 Å². The molecular formula is C19H23N3O3S. The number of thioether (sulfide) groups is 1. The standard InChI is InChI=1S/C19H23N3O3S/c1-11(26-18-22-21-17(25-18)15-3-2-4-24-15)16(23)20-19-8-12-5-13(9-19)7-14(6-12)10-19/h2-4,11-14H,5-10H2,1H3,(H,20,23)/t11-,12?,13?,14?,19?/m1/s1. The zero-order valence-corrected chi connectivity index (χ0v) is 15.6. The molecule has 0 aliphatic heterocycles. The summed E-state index contributed by atoms with van der Waals surface area (Å²) in [5.41, 5.74) is 0.0365. The molecule has 138 valence electrons. The lowest BCUT2D eigenvalue weighted by atomic mass is 9.53. The van der Waals surface area contributed by atoms with Crippen molar-refractivity contribution in [3.8, 4) is 11.7 Å². The van der Waals surface area contributed by atoms with E-state index in [0.717, 1.165) is 37.0 Å². The molecule has 6 rings (SSSR count). The molecule has 7 heteroatoms. The molecule has 0 aromatic carbocycles. The molecule has 4 bridgehead atoms. The summed E-state index contributed by atoms with van der Waals surface area (Å²) in [4.78, 5) is 12.8. The molecule has 2 aromatic rings. The first-order valence-electron chi connectivity index (χ1n) is 9.45. The van der Waals surface area contributed by atoms with Gasteiger partial charge in [0.05, 0.1) is 11.5 Å².